The summed E-state index contributed by atoms with van der Waals surface area (Å²) in [6.07, 6.45) is 1.41. The number of hydrogen-bond donors (Lipinski definition) is 1. The van der Waals surface area contributed by atoms with Gasteiger partial charge in [-0.2, -0.15) is 0 Å². The maximum Gasteiger partial charge on any atom is 0.505 e. The highest BCUT2D eigenvalue weighted by molar-refractivity contribution is 5.56. The molecule has 3 heteroatoms. The van der Waals surface area contributed by atoms with Crippen LogP contribution in [0, 0.1) is 0 Å². The summed E-state index contributed by atoms with van der Waals surface area (Å²) in [6, 6.07) is 16.7. The Bertz CT molecular complexity index is 635. The first-order valence-corrected chi connectivity index (χ1v) is 8.18. The molecule has 23 heavy (non-hydrogen) atoms. The number of benzene rings is 2. The highest BCUT2D eigenvalue weighted by Crippen LogP contribution is 2.32. The average molecular weight is 312 g/mol. The van der Waals surface area contributed by atoms with E-state index in [-0.39, 0.29) is 12.5 Å². The summed E-state index contributed by atoms with van der Waals surface area (Å²) in [7, 11) is 0. The molecule has 1 N–H and O–H groups in total. The van der Waals surface area contributed by atoms with Crippen LogP contribution in [-0.4, -0.2) is 17.9 Å². The van der Waals surface area contributed by atoms with Gasteiger partial charge in [-0.3, -0.25) is 0 Å². The molecule has 0 aromatic heterocycles. The fourth-order valence-electron chi connectivity index (χ4n) is 3.19. The van der Waals surface area contributed by atoms with Crippen molar-refractivity contribution in [1.29, 1.82) is 0 Å². The minimum absolute atomic E-state index is 0.150. The third kappa shape index (κ3) is 4.35. The Morgan fingerprint density at radius 2 is 1.78 bits per heavy atom. The van der Waals surface area contributed by atoms with E-state index in [0.29, 0.717) is 6.42 Å². The molecule has 1 unspecified atom stereocenters. The van der Waals surface area contributed by atoms with Crippen LogP contribution >= 0.6 is 0 Å². The van der Waals surface area contributed by atoms with E-state index in [1.54, 1.807) is 0 Å². The Morgan fingerprint density at radius 1 is 1.04 bits per heavy atom. The van der Waals surface area contributed by atoms with E-state index in [4.69, 9.17) is 9.84 Å². The maximum absolute atomic E-state index is 10.7. The molecular formula is C20H24O3. The molecule has 0 saturated heterocycles. The van der Waals surface area contributed by atoms with Crippen molar-refractivity contribution in [3.63, 3.8) is 0 Å². The second kappa shape index (κ2) is 8.37. The molecule has 0 radical (unpaired) electrons. The van der Waals surface area contributed by atoms with Crippen LogP contribution in [0.15, 0.2) is 48.5 Å². The molecule has 0 bridgehead atoms. The Labute approximate surface area is 137 Å². The van der Waals surface area contributed by atoms with Crippen LogP contribution in [0.1, 0.15) is 48.4 Å². The molecule has 3 nitrogen and oxygen atoms in total. The number of carbonyl (C=O) groups is 1. The molecule has 2 rings (SSSR count). The number of ether oxygens (including phenoxy) is 1. The van der Waals surface area contributed by atoms with Crippen molar-refractivity contribution in [2.24, 2.45) is 0 Å². The smallest absolute Gasteiger partial charge is 0.450 e. The molecular weight excluding hydrogens is 288 g/mol. The van der Waals surface area contributed by atoms with Crippen molar-refractivity contribution < 1.29 is 14.6 Å². The highest BCUT2D eigenvalue weighted by Gasteiger charge is 2.19. The predicted octanol–water partition coefficient (Wildman–Crippen LogP) is 5.03. The summed E-state index contributed by atoms with van der Waals surface area (Å²) in [6.45, 7) is 4.55. The fraction of sp³-hybridized carbons (Fsp3) is 0.350. The minimum atomic E-state index is -1.21. The molecule has 122 valence electrons. The van der Waals surface area contributed by atoms with Crippen molar-refractivity contribution in [3.8, 4) is 0 Å². The first-order valence-electron chi connectivity index (χ1n) is 8.18. The largest absolute Gasteiger partial charge is 0.505 e. The Hall–Kier alpha value is -2.29. The highest BCUT2D eigenvalue weighted by atomic mass is 16.7. The predicted molar refractivity (Wildman–Crippen MR) is 92.1 cm³/mol. The molecule has 0 aliphatic heterocycles. The number of rotatable bonds is 7. The van der Waals surface area contributed by atoms with E-state index >= 15 is 0 Å². The van der Waals surface area contributed by atoms with Crippen LogP contribution < -0.4 is 0 Å². The summed E-state index contributed by atoms with van der Waals surface area (Å²) in [5.41, 5.74) is 5.22. The molecule has 0 fully saturated rings. The van der Waals surface area contributed by atoms with Crippen LogP contribution in [0.3, 0.4) is 0 Å². The van der Waals surface area contributed by atoms with Gasteiger partial charge in [0.15, 0.2) is 0 Å². The van der Waals surface area contributed by atoms with Gasteiger partial charge in [-0.05, 0) is 41.5 Å². The van der Waals surface area contributed by atoms with Crippen LogP contribution in [0.2, 0.25) is 0 Å². The van der Waals surface area contributed by atoms with Gasteiger partial charge >= 0.3 is 6.16 Å². The van der Waals surface area contributed by atoms with Crippen molar-refractivity contribution in [3.05, 3.63) is 70.8 Å². The number of carboxylic acid groups (broad SMARTS) is 1. The lowest BCUT2D eigenvalue weighted by Crippen LogP contribution is -2.11. The van der Waals surface area contributed by atoms with Crippen LogP contribution in [0.5, 0.6) is 0 Å². The van der Waals surface area contributed by atoms with Gasteiger partial charge in [-0.25, -0.2) is 4.79 Å². The molecule has 0 saturated carbocycles. The zero-order chi connectivity index (χ0) is 16.7. The monoisotopic (exact) mass is 312 g/mol. The van der Waals surface area contributed by atoms with E-state index in [1.807, 2.05) is 18.2 Å². The Kier molecular flexibility index (Phi) is 6.21. The summed E-state index contributed by atoms with van der Waals surface area (Å²) in [5, 5.41) is 8.73. The lowest BCUT2D eigenvalue weighted by Gasteiger charge is -2.22. The summed E-state index contributed by atoms with van der Waals surface area (Å²) < 4.78 is 4.76. The average Bonchev–Trinajstić information content (AvgIpc) is 2.58. The molecule has 2 aromatic rings. The van der Waals surface area contributed by atoms with Crippen LogP contribution in [0.4, 0.5) is 4.79 Å². The maximum atomic E-state index is 10.7. The topological polar surface area (TPSA) is 46.5 Å². The van der Waals surface area contributed by atoms with Crippen molar-refractivity contribution in [2.75, 3.05) is 6.61 Å². The van der Waals surface area contributed by atoms with E-state index in [1.165, 1.54) is 22.3 Å². The molecule has 0 aliphatic carbocycles. The number of hydrogen-bond acceptors (Lipinski definition) is 2. The van der Waals surface area contributed by atoms with Gasteiger partial charge in [0.2, 0.25) is 0 Å². The van der Waals surface area contributed by atoms with Crippen molar-refractivity contribution in [1.82, 2.24) is 0 Å². The molecule has 0 heterocycles. The van der Waals surface area contributed by atoms with Gasteiger partial charge in [-0.1, -0.05) is 62.4 Å². The first kappa shape index (κ1) is 17.1. The first-order chi connectivity index (χ1) is 11.2. The number of aryl methyl sites for hydroxylation is 1. The molecule has 0 aliphatic rings. The third-order valence-corrected chi connectivity index (χ3v) is 4.25. The lowest BCUT2D eigenvalue weighted by atomic mass is 9.83. The third-order valence-electron chi connectivity index (χ3n) is 4.25. The lowest BCUT2D eigenvalue weighted by molar-refractivity contribution is 0.0896. The molecule has 0 spiro atoms. The minimum Gasteiger partial charge on any atom is -0.450 e. The van der Waals surface area contributed by atoms with E-state index in [0.717, 1.165) is 12.8 Å². The zero-order valence-electron chi connectivity index (χ0n) is 13.8. The van der Waals surface area contributed by atoms with E-state index < -0.39 is 6.16 Å². The summed E-state index contributed by atoms with van der Waals surface area (Å²) in [4.78, 5) is 10.7. The second-order valence-corrected chi connectivity index (χ2v) is 5.56. The van der Waals surface area contributed by atoms with Crippen LogP contribution in [0.25, 0.3) is 0 Å². The van der Waals surface area contributed by atoms with E-state index in [2.05, 4.69) is 44.2 Å². The standard InChI is InChI=1S/C20H24O3/c1-3-15-11-8-12-19(17(15)4-2)18(13-14-23-20(21)22)16-9-6-5-7-10-16/h5-12,18H,3-4,13-14H2,1-2H3,(H,21,22). The molecule has 2 aromatic carbocycles. The summed E-state index contributed by atoms with van der Waals surface area (Å²) >= 11 is 0. The fourth-order valence-corrected chi connectivity index (χ4v) is 3.19. The normalized spacial score (nSPS) is 11.9. The van der Waals surface area contributed by atoms with Gasteiger partial charge in [0, 0.05) is 5.92 Å². The van der Waals surface area contributed by atoms with Gasteiger partial charge in [0.25, 0.3) is 0 Å². The van der Waals surface area contributed by atoms with Gasteiger partial charge in [0.1, 0.15) is 0 Å². The van der Waals surface area contributed by atoms with Gasteiger partial charge in [0.05, 0.1) is 6.61 Å². The SMILES string of the molecule is CCc1cccc(C(CCOC(=O)O)c2ccccc2)c1CC. The van der Waals surface area contributed by atoms with E-state index in [9.17, 15) is 4.79 Å². The Morgan fingerprint density at radius 3 is 2.39 bits per heavy atom. The van der Waals surface area contributed by atoms with Gasteiger partial charge < -0.3 is 9.84 Å². The van der Waals surface area contributed by atoms with Crippen LogP contribution in [-0.2, 0) is 17.6 Å². The van der Waals surface area contributed by atoms with Crippen molar-refractivity contribution >= 4 is 6.16 Å². The van der Waals surface area contributed by atoms with Crippen molar-refractivity contribution in [2.45, 2.75) is 39.0 Å². The quantitative estimate of drug-likeness (QED) is 0.729. The zero-order valence-corrected chi connectivity index (χ0v) is 13.8. The molecule has 0 amide bonds. The summed E-state index contributed by atoms with van der Waals surface area (Å²) in [5.74, 6) is 0.150. The molecule has 1 atom stereocenters. The second-order valence-electron chi connectivity index (χ2n) is 5.56. The Balaban J connectivity index is 2.39. The van der Waals surface area contributed by atoms with Gasteiger partial charge in [-0.15, -0.1) is 0 Å².